The highest BCUT2D eigenvalue weighted by Gasteiger charge is 2.22. The molecule has 22 heavy (non-hydrogen) atoms. The highest BCUT2D eigenvalue weighted by molar-refractivity contribution is 6.33. The quantitative estimate of drug-likeness (QED) is 0.932. The fourth-order valence-electron chi connectivity index (χ4n) is 2.76. The maximum Gasteiger partial charge on any atom is 0.242 e. The highest BCUT2D eigenvalue weighted by Crippen LogP contribution is 2.27. The Hall–Kier alpha value is -2.08. The topological polar surface area (TPSA) is 63.1 Å². The summed E-state index contributed by atoms with van der Waals surface area (Å²) in [4.78, 5) is 18.1. The number of nitrogens with zero attached hydrogens (tertiary/aromatic N) is 4. The van der Waals surface area contributed by atoms with Gasteiger partial charge < -0.3 is 10.2 Å². The third kappa shape index (κ3) is 3.57. The van der Waals surface area contributed by atoms with Gasteiger partial charge in [0.15, 0.2) is 0 Å². The third-order valence-corrected chi connectivity index (χ3v) is 4.07. The number of halogens is 1. The Morgan fingerprint density at radius 1 is 1.41 bits per heavy atom. The van der Waals surface area contributed by atoms with Crippen molar-refractivity contribution in [2.45, 2.75) is 25.4 Å². The molecular weight excluding hydrogens is 302 g/mol. The SMILES string of the molecule is O=C(Cn1cncn1)N[C@H]1CCCN(c2ccccc2Cl)C1. The van der Waals surface area contributed by atoms with Crippen LogP contribution in [0.25, 0.3) is 0 Å². The summed E-state index contributed by atoms with van der Waals surface area (Å²) in [6, 6.07) is 7.94. The van der Waals surface area contributed by atoms with Gasteiger partial charge in [0, 0.05) is 19.1 Å². The minimum atomic E-state index is -0.0449. The van der Waals surface area contributed by atoms with Crippen LogP contribution in [0.2, 0.25) is 5.02 Å². The van der Waals surface area contributed by atoms with Gasteiger partial charge in [-0.05, 0) is 25.0 Å². The van der Waals surface area contributed by atoms with E-state index in [1.165, 1.54) is 17.3 Å². The van der Waals surface area contributed by atoms with Crippen LogP contribution >= 0.6 is 11.6 Å². The molecule has 2 aromatic rings. The van der Waals surface area contributed by atoms with E-state index in [4.69, 9.17) is 11.6 Å². The maximum absolute atomic E-state index is 12.0. The van der Waals surface area contributed by atoms with Crippen LogP contribution in [0.1, 0.15) is 12.8 Å². The molecule has 0 aliphatic carbocycles. The summed E-state index contributed by atoms with van der Waals surface area (Å²) in [5.41, 5.74) is 1.03. The summed E-state index contributed by atoms with van der Waals surface area (Å²) in [5, 5.41) is 7.75. The second kappa shape index (κ2) is 6.79. The Kier molecular flexibility index (Phi) is 4.58. The molecular formula is C15H18ClN5O. The first-order valence-electron chi connectivity index (χ1n) is 7.33. The molecule has 0 radical (unpaired) electrons. The Balaban J connectivity index is 1.59. The average molecular weight is 320 g/mol. The fourth-order valence-corrected chi connectivity index (χ4v) is 3.01. The fraction of sp³-hybridized carbons (Fsp3) is 0.400. The molecule has 2 heterocycles. The number of hydrogen-bond donors (Lipinski definition) is 1. The number of carbonyl (C=O) groups is 1. The molecule has 0 saturated carbocycles. The number of hydrogen-bond acceptors (Lipinski definition) is 4. The number of carbonyl (C=O) groups excluding carboxylic acids is 1. The molecule has 116 valence electrons. The second-order valence-electron chi connectivity index (χ2n) is 5.40. The second-order valence-corrected chi connectivity index (χ2v) is 5.80. The molecule has 3 rings (SSSR count). The Labute approximate surface area is 134 Å². The van der Waals surface area contributed by atoms with Gasteiger partial charge in [-0.25, -0.2) is 9.67 Å². The van der Waals surface area contributed by atoms with Crippen LogP contribution in [-0.2, 0) is 11.3 Å². The normalized spacial score (nSPS) is 18.2. The average Bonchev–Trinajstić information content (AvgIpc) is 3.00. The van der Waals surface area contributed by atoms with Crippen LogP contribution in [0.15, 0.2) is 36.9 Å². The van der Waals surface area contributed by atoms with Crippen molar-refractivity contribution in [1.29, 1.82) is 0 Å². The van der Waals surface area contributed by atoms with Gasteiger partial charge in [0.05, 0.1) is 10.7 Å². The molecule has 6 nitrogen and oxygen atoms in total. The molecule has 1 saturated heterocycles. The maximum atomic E-state index is 12.0. The van der Waals surface area contributed by atoms with E-state index in [1.807, 2.05) is 24.3 Å². The van der Waals surface area contributed by atoms with E-state index < -0.39 is 0 Å². The van der Waals surface area contributed by atoms with Crippen LogP contribution in [0.5, 0.6) is 0 Å². The standard InChI is InChI=1S/C15H18ClN5O/c16-13-5-1-2-6-14(13)20-7-3-4-12(8-20)19-15(22)9-21-11-17-10-18-21/h1-2,5-6,10-12H,3-4,7-9H2,(H,19,22)/t12-/m0/s1. The molecule has 1 fully saturated rings. The van der Waals surface area contributed by atoms with Crippen molar-refractivity contribution in [2.24, 2.45) is 0 Å². The summed E-state index contributed by atoms with van der Waals surface area (Å²) >= 11 is 6.26. The first-order valence-corrected chi connectivity index (χ1v) is 7.71. The predicted octanol–water partition coefficient (Wildman–Crippen LogP) is 1.72. The van der Waals surface area contributed by atoms with E-state index in [1.54, 1.807) is 0 Å². The number of amides is 1. The first kappa shape index (κ1) is 14.8. The monoisotopic (exact) mass is 319 g/mol. The van der Waals surface area contributed by atoms with Gasteiger partial charge in [-0.1, -0.05) is 23.7 Å². The Morgan fingerprint density at radius 2 is 2.27 bits per heavy atom. The van der Waals surface area contributed by atoms with E-state index in [-0.39, 0.29) is 18.5 Å². The largest absolute Gasteiger partial charge is 0.368 e. The lowest BCUT2D eigenvalue weighted by molar-refractivity contribution is -0.122. The van der Waals surface area contributed by atoms with Gasteiger partial charge >= 0.3 is 0 Å². The number of para-hydroxylation sites is 1. The van der Waals surface area contributed by atoms with Crippen LogP contribution in [0.3, 0.4) is 0 Å². The van der Waals surface area contributed by atoms with Crippen molar-refractivity contribution in [3.05, 3.63) is 41.9 Å². The van der Waals surface area contributed by atoms with Gasteiger partial charge in [0.2, 0.25) is 5.91 Å². The molecule has 1 aromatic heterocycles. The third-order valence-electron chi connectivity index (χ3n) is 3.75. The number of rotatable bonds is 4. The van der Waals surface area contributed by atoms with Crippen molar-refractivity contribution in [2.75, 3.05) is 18.0 Å². The van der Waals surface area contributed by atoms with Crippen molar-refractivity contribution in [1.82, 2.24) is 20.1 Å². The molecule has 1 aliphatic heterocycles. The van der Waals surface area contributed by atoms with Crippen LogP contribution in [0.4, 0.5) is 5.69 Å². The number of piperidine rings is 1. The van der Waals surface area contributed by atoms with Gasteiger partial charge in [-0.3, -0.25) is 4.79 Å². The molecule has 0 bridgehead atoms. The van der Waals surface area contributed by atoms with Crippen LogP contribution in [-0.4, -0.2) is 39.8 Å². The lowest BCUT2D eigenvalue weighted by atomic mass is 10.0. The minimum absolute atomic E-state index is 0.0449. The number of aromatic nitrogens is 3. The van der Waals surface area contributed by atoms with Gasteiger partial charge in [0.1, 0.15) is 19.2 Å². The molecule has 1 aliphatic rings. The zero-order chi connectivity index (χ0) is 15.4. The van der Waals surface area contributed by atoms with E-state index >= 15 is 0 Å². The lowest BCUT2D eigenvalue weighted by Gasteiger charge is -2.35. The van der Waals surface area contributed by atoms with E-state index in [2.05, 4.69) is 20.3 Å². The minimum Gasteiger partial charge on any atom is -0.368 e. The van der Waals surface area contributed by atoms with Crippen LogP contribution < -0.4 is 10.2 Å². The molecule has 7 heteroatoms. The Bertz CT molecular complexity index is 631. The lowest BCUT2D eigenvalue weighted by Crippen LogP contribution is -2.48. The summed E-state index contributed by atoms with van der Waals surface area (Å²) in [7, 11) is 0. The summed E-state index contributed by atoms with van der Waals surface area (Å²) < 4.78 is 1.52. The van der Waals surface area contributed by atoms with Gasteiger partial charge in [-0.15, -0.1) is 0 Å². The zero-order valence-corrected chi connectivity index (χ0v) is 12.9. The molecule has 1 atom stereocenters. The molecule has 1 N–H and O–H groups in total. The van der Waals surface area contributed by atoms with E-state index in [0.717, 1.165) is 36.6 Å². The molecule has 0 spiro atoms. The zero-order valence-electron chi connectivity index (χ0n) is 12.2. The van der Waals surface area contributed by atoms with Crippen molar-refractivity contribution in [3.63, 3.8) is 0 Å². The first-order chi connectivity index (χ1) is 10.7. The van der Waals surface area contributed by atoms with Gasteiger partial charge in [-0.2, -0.15) is 5.10 Å². The van der Waals surface area contributed by atoms with E-state index in [0.29, 0.717) is 0 Å². The predicted molar refractivity (Wildman–Crippen MR) is 84.9 cm³/mol. The summed E-state index contributed by atoms with van der Waals surface area (Å²) in [6.07, 6.45) is 4.97. The number of anilines is 1. The number of benzene rings is 1. The Morgan fingerprint density at radius 3 is 3.05 bits per heavy atom. The molecule has 1 amide bonds. The molecule has 1 aromatic carbocycles. The van der Waals surface area contributed by atoms with Crippen molar-refractivity contribution >= 4 is 23.2 Å². The summed E-state index contributed by atoms with van der Waals surface area (Å²) in [5.74, 6) is -0.0449. The smallest absolute Gasteiger partial charge is 0.242 e. The highest BCUT2D eigenvalue weighted by atomic mass is 35.5. The van der Waals surface area contributed by atoms with Gasteiger partial charge in [0.25, 0.3) is 0 Å². The van der Waals surface area contributed by atoms with Crippen LogP contribution in [0, 0.1) is 0 Å². The number of nitrogens with one attached hydrogen (secondary N) is 1. The molecule has 0 unspecified atom stereocenters. The van der Waals surface area contributed by atoms with Crippen molar-refractivity contribution in [3.8, 4) is 0 Å². The van der Waals surface area contributed by atoms with E-state index in [9.17, 15) is 4.79 Å². The van der Waals surface area contributed by atoms with Crippen molar-refractivity contribution < 1.29 is 4.79 Å². The summed E-state index contributed by atoms with van der Waals surface area (Å²) in [6.45, 7) is 1.93.